The van der Waals surface area contributed by atoms with Gasteiger partial charge in [0.25, 0.3) is 0 Å². The number of anilines is 1. The van der Waals surface area contributed by atoms with E-state index < -0.39 is 11.6 Å². The second kappa shape index (κ2) is 10.9. The number of hydrogen-bond acceptors (Lipinski definition) is 3. The summed E-state index contributed by atoms with van der Waals surface area (Å²) in [7, 11) is 0. The Bertz CT molecular complexity index is 1110. The van der Waals surface area contributed by atoms with Crippen molar-refractivity contribution in [2.45, 2.75) is 44.4 Å². The molecule has 1 heterocycles. The lowest BCUT2D eigenvalue weighted by Gasteiger charge is -2.52. The maximum Gasteiger partial charge on any atom is 0.221 e. The normalized spacial score (nSPS) is 17.9. The number of carbonyl (C=O) groups is 1. The summed E-state index contributed by atoms with van der Waals surface area (Å²) in [6.45, 7) is 4.38. The summed E-state index contributed by atoms with van der Waals surface area (Å²) in [5.41, 5.74) is 2.37. The molecule has 4 nitrogen and oxygen atoms in total. The summed E-state index contributed by atoms with van der Waals surface area (Å²) < 4.78 is 27.6. The molecule has 8 heteroatoms. The molecule has 2 N–H and O–H groups in total. The van der Waals surface area contributed by atoms with Gasteiger partial charge in [-0.05, 0) is 61.4 Å². The van der Waals surface area contributed by atoms with E-state index in [1.807, 2.05) is 62.4 Å². The van der Waals surface area contributed by atoms with E-state index in [0.29, 0.717) is 22.3 Å². The van der Waals surface area contributed by atoms with Crippen LogP contribution in [0.4, 0.5) is 14.5 Å². The zero-order valence-corrected chi connectivity index (χ0v) is 21.0. The number of rotatable bonds is 8. The van der Waals surface area contributed by atoms with Crippen LogP contribution in [-0.4, -0.2) is 35.5 Å². The summed E-state index contributed by atoms with van der Waals surface area (Å²) in [6.07, 6.45) is 0.228. The summed E-state index contributed by atoms with van der Waals surface area (Å²) in [6, 6.07) is 18.0. The first-order valence-electron chi connectivity index (χ1n) is 11.5. The fourth-order valence-corrected chi connectivity index (χ4v) is 4.82. The van der Waals surface area contributed by atoms with Gasteiger partial charge in [0.15, 0.2) is 0 Å². The molecule has 3 aromatic carbocycles. The molecule has 1 saturated heterocycles. The molecule has 0 bridgehead atoms. The molecule has 1 aliphatic rings. The predicted octanol–water partition coefficient (Wildman–Crippen LogP) is 6.44. The Balaban J connectivity index is 1.66. The molecule has 0 aromatic heterocycles. The van der Waals surface area contributed by atoms with Crippen LogP contribution in [-0.2, 0) is 4.79 Å². The second-order valence-corrected chi connectivity index (χ2v) is 9.98. The lowest BCUT2D eigenvalue weighted by atomic mass is 9.85. The van der Waals surface area contributed by atoms with E-state index in [0.717, 1.165) is 17.2 Å². The highest BCUT2D eigenvalue weighted by molar-refractivity contribution is 6.30. The van der Waals surface area contributed by atoms with E-state index in [4.69, 9.17) is 23.2 Å². The van der Waals surface area contributed by atoms with Crippen LogP contribution in [0.1, 0.15) is 37.4 Å². The first-order valence-corrected chi connectivity index (χ1v) is 12.2. The number of halogens is 4. The minimum atomic E-state index is -0.655. The second-order valence-electron chi connectivity index (χ2n) is 9.11. The van der Waals surface area contributed by atoms with Gasteiger partial charge in [-0.3, -0.25) is 9.69 Å². The third-order valence-corrected chi connectivity index (χ3v) is 6.56. The first-order chi connectivity index (χ1) is 16.7. The zero-order valence-electron chi connectivity index (χ0n) is 19.4. The molecule has 1 amide bonds. The van der Waals surface area contributed by atoms with Crippen LogP contribution in [0, 0.1) is 11.6 Å². The Morgan fingerprint density at radius 2 is 1.46 bits per heavy atom. The smallest absolute Gasteiger partial charge is 0.221 e. The molecule has 1 fully saturated rings. The van der Waals surface area contributed by atoms with E-state index in [1.165, 1.54) is 12.1 Å². The van der Waals surface area contributed by atoms with Crippen molar-refractivity contribution in [3.05, 3.63) is 99.5 Å². The summed E-state index contributed by atoms with van der Waals surface area (Å²) >= 11 is 12.3. The number of nitrogens with zero attached hydrogens (tertiary/aromatic N) is 1. The number of benzene rings is 3. The molecular weight excluding hydrogens is 491 g/mol. The molecule has 0 radical (unpaired) electrons. The highest BCUT2D eigenvalue weighted by atomic mass is 35.5. The minimum absolute atomic E-state index is 0.00285. The first kappa shape index (κ1) is 25.4. The van der Waals surface area contributed by atoms with Crippen molar-refractivity contribution in [3.8, 4) is 0 Å². The van der Waals surface area contributed by atoms with Crippen LogP contribution in [0.15, 0.2) is 66.7 Å². The van der Waals surface area contributed by atoms with Gasteiger partial charge in [-0.25, -0.2) is 8.78 Å². The molecule has 3 aromatic rings. The van der Waals surface area contributed by atoms with Gasteiger partial charge in [0.2, 0.25) is 5.91 Å². The van der Waals surface area contributed by atoms with E-state index >= 15 is 0 Å². The number of hydrogen-bond donors (Lipinski definition) is 2. The van der Waals surface area contributed by atoms with Crippen molar-refractivity contribution in [2.24, 2.45) is 0 Å². The maximum atomic E-state index is 13.8. The summed E-state index contributed by atoms with van der Waals surface area (Å²) in [4.78, 5) is 15.0. The average molecular weight is 518 g/mol. The van der Waals surface area contributed by atoms with Gasteiger partial charge in [0.05, 0.1) is 12.1 Å². The summed E-state index contributed by atoms with van der Waals surface area (Å²) in [5, 5.41) is 7.45. The van der Waals surface area contributed by atoms with Crippen LogP contribution >= 0.6 is 23.2 Å². The average Bonchev–Trinajstić information content (AvgIpc) is 2.78. The van der Waals surface area contributed by atoms with Crippen LogP contribution in [0.2, 0.25) is 10.0 Å². The van der Waals surface area contributed by atoms with Crippen molar-refractivity contribution < 1.29 is 13.6 Å². The van der Waals surface area contributed by atoms with E-state index in [1.54, 1.807) is 0 Å². The molecule has 4 rings (SSSR count). The molecule has 2 atom stereocenters. The van der Waals surface area contributed by atoms with Crippen molar-refractivity contribution >= 4 is 34.8 Å². The Morgan fingerprint density at radius 3 is 1.94 bits per heavy atom. The van der Waals surface area contributed by atoms with Gasteiger partial charge in [-0.15, -0.1) is 0 Å². The lowest BCUT2D eigenvalue weighted by Crippen LogP contribution is -2.65. The van der Waals surface area contributed by atoms with Gasteiger partial charge in [-0.1, -0.05) is 47.5 Å². The van der Waals surface area contributed by atoms with Crippen molar-refractivity contribution in [2.75, 3.05) is 11.9 Å². The standard InChI is InChI=1S/C27H27Cl2F2N3O/c1-16(2)32-26(35)14-25-24(33-23-12-21(30)11-22(31)13-23)15-34(25)27(17-3-7-19(28)8-4-17)18-5-9-20(29)10-6-18/h3-13,16,24-25,27,33H,14-15H2,1-2H3,(H,32,35). The number of likely N-dealkylation sites (tertiary alicyclic amines) is 1. The molecule has 0 spiro atoms. The third kappa shape index (κ3) is 6.31. The number of carbonyl (C=O) groups excluding carboxylic acids is 1. The summed E-state index contributed by atoms with van der Waals surface area (Å²) in [5.74, 6) is -1.39. The monoisotopic (exact) mass is 517 g/mol. The Kier molecular flexibility index (Phi) is 7.95. The van der Waals surface area contributed by atoms with Crippen molar-refractivity contribution in [3.63, 3.8) is 0 Å². The Morgan fingerprint density at radius 1 is 0.943 bits per heavy atom. The third-order valence-electron chi connectivity index (χ3n) is 6.06. The van der Waals surface area contributed by atoms with Gasteiger partial charge < -0.3 is 10.6 Å². The largest absolute Gasteiger partial charge is 0.379 e. The molecule has 1 aliphatic heterocycles. The van der Waals surface area contributed by atoms with Crippen LogP contribution < -0.4 is 10.6 Å². The highest BCUT2D eigenvalue weighted by Gasteiger charge is 2.44. The fourth-order valence-electron chi connectivity index (χ4n) is 4.56. The number of nitrogens with one attached hydrogen (secondary N) is 2. The topological polar surface area (TPSA) is 44.4 Å². The van der Waals surface area contributed by atoms with E-state index in [-0.39, 0.29) is 36.5 Å². The highest BCUT2D eigenvalue weighted by Crippen LogP contribution is 2.39. The Hall–Kier alpha value is -2.67. The fraction of sp³-hybridized carbons (Fsp3) is 0.296. The predicted molar refractivity (Wildman–Crippen MR) is 137 cm³/mol. The number of amides is 1. The molecule has 35 heavy (non-hydrogen) atoms. The molecule has 2 unspecified atom stereocenters. The van der Waals surface area contributed by atoms with Crippen molar-refractivity contribution in [1.29, 1.82) is 0 Å². The van der Waals surface area contributed by atoms with E-state index in [9.17, 15) is 13.6 Å². The van der Waals surface area contributed by atoms with Gasteiger partial charge >= 0.3 is 0 Å². The van der Waals surface area contributed by atoms with Gasteiger partial charge in [0.1, 0.15) is 11.6 Å². The molecular formula is C27H27Cl2F2N3O. The minimum Gasteiger partial charge on any atom is -0.379 e. The van der Waals surface area contributed by atoms with Crippen LogP contribution in [0.25, 0.3) is 0 Å². The van der Waals surface area contributed by atoms with Crippen LogP contribution in [0.3, 0.4) is 0 Å². The Labute approximate surface area is 214 Å². The van der Waals surface area contributed by atoms with E-state index in [2.05, 4.69) is 15.5 Å². The SMILES string of the molecule is CC(C)NC(=O)CC1C(Nc2cc(F)cc(F)c2)CN1C(c1ccc(Cl)cc1)c1ccc(Cl)cc1. The van der Waals surface area contributed by atoms with Crippen molar-refractivity contribution in [1.82, 2.24) is 10.2 Å². The van der Waals surface area contributed by atoms with Gasteiger partial charge in [0, 0.05) is 46.8 Å². The molecule has 184 valence electrons. The van der Waals surface area contributed by atoms with Gasteiger partial charge in [-0.2, -0.15) is 0 Å². The quantitative estimate of drug-likeness (QED) is 0.361. The lowest BCUT2D eigenvalue weighted by molar-refractivity contribution is -0.124. The molecule has 0 saturated carbocycles. The molecule has 0 aliphatic carbocycles. The zero-order chi connectivity index (χ0) is 25.1. The van der Waals surface area contributed by atoms with Crippen LogP contribution in [0.5, 0.6) is 0 Å². The maximum absolute atomic E-state index is 13.8.